The molecule has 0 N–H and O–H groups in total. The maximum Gasteiger partial charge on any atom is 0.0447 e. The van der Waals surface area contributed by atoms with E-state index in [0.29, 0.717) is 5.04 Å². The molecule has 0 aliphatic rings. The first-order valence-electron chi connectivity index (χ1n) is 3.67. The Morgan fingerprint density at radius 2 is 1.67 bits per heavy atom. The Hall–Kier alpha value is 0.217. The van der Waals surface area contributed by atoms with Crippen LogP contribution >= 0.6 is 0 Å². The zero-order valence-corrected chi connectivity index (χ0v) is 8.28. The van der Waals surface area contributed by atoms with Gasteiger partial charge in [0.2, 0.25) is 0 Å². The van der Waals surface area contributed by atoms with E-state index in [0.717, 1.165) is 15.4 Å². The first kappa shape index (κ1) is 9.22. The van der Waals surface area contributed by atoms with Crippen molar-refractivity contribution in [3.05, 3.63) is 0 Å². The highest BCUT2D eigenvalue weighted by Crippen LogP contribution is 2.23. The van der Waals surface area contributed by atoms with Crippen LogP contribution in [0.1, 0.15) is 34.6 Å². The molecule has 0 amide bonds. The Kier molecular flexibility index (Phi) is 3.48. The number of rotatable bonds is 2. The van der Waals surface area contributed by atoms with Gasteiger partial charge in [0.25, 0.3) is 0 Å². The van der Waals surface area contributed by atoms with Gasteiger partial charge in [-0.15, -0.1) is 0 Å². The number of hydrogen-bond acceptors (Lipinski definition) is 0. The molecular formula is C8H18Si. The maximum absolute atomic E-state index is 2.31. The van der Waals surface area contributed by atoms with Crippen molar-refractivity contribution >= 4 is 9.52 Å². The smallest absolute Gasteiger partial charge is 0.0447 e. The minimum Gasteiger partial charge on any atom is -0.0631 e. The summed E-state index contributed by atoms with van der Waals surface area (Å²) in [7, 11) is 1.12. The van der Waals surface area contributed by atoms with Crippen LogP contribution in [-0.2, 0) is 0 Å². The molecule has 0 aromatic heterocycles. The molecule has 1 heteroatoms. The van der Waals surface area contributed by atoms with Gasteiger partial charge in [-0.1, -0.05) is 40.7 Å². The highest BCUT2D eigenvalue weighted by atomic mass is 28.2. The van der Waals surface area contributed by atoms with Crippen LogP contribution < -0.4 is 0 Å². The Morgan fingerprint density at radius 3 is 1.78 bits per heavy atom. The van der Waals surface area contributed by atoms with Crippen LogP contribution in [0.3, 0.4) is 0 Å². The molecule has 0 saturated heterocycles. The van der Waals surface area contributed by atoms with Crippen LogP contribution in [0.15, 0.2) is 0 Å². The van der Waals surface area contributed by atoms with E-state index in [1.54, 1.807) is 0 Å². The van der Waals surface area contributed by atoms with Crippen molar-refractivity contribution in [1.29, 1.82) is 0 Å². The third kappa shape index (κ3) is 8.22. The molecule has 0 aromatic rings. The van der Waals surface area contributed by atoms with Gasteiger partial charge in [-0.25, -0.2) is 0 Å². The average molecular weight is 142 g/mol. The van der Waals surface area contributed by atoms with Gasteiger partial charge in [0.1, 0.15) is 0 Å². The van der Waals surface area contributed by atoms with Crippen molar-refractivity contribution in [3.8, 4) is 0 Å². The van der Waals surface area contributed by atoms with Crippen LogP contribution in [0, 0.1) is 5.92 Å². The van der Waals surface area contributed by atoms with Crippen molar-refractivity contribution in [1.82, 2.24) is 0 Å². The summed E-state index contributed by atoms with van der Waals surface area (Å²) in [6.07, 6.45) is 0. The lowest BCUT2D eigenvalue weighted by Gasteiger charge is -2.17. The highest BCUT2D eigenvalue weighted by Gasteiger charge is 2.11. The fraction of sp³-hybridized carbons (Fsp3) is 1.00. The van der Waals surface area contributed by atoms with Crippen LogP contribution in [-0.4, -0.2) is 9.52 Å². The standard InChI is InChI=1S/C8H18Si/c1-7(2)6-9-8(3,4)5/h7H,6H2,1-5H3. The van der Waals surface area contributed by atoms with E-state index >= 15 is 0 Å². The largest absolute Gasteiger partial charge is 0.0631 e. The van der Waals surface area contributed by atoms with Gasteiger partial charge in [-0.05, 0) is 11.0 Å². The second-order valence-corrected chi connectivity index (χ2v) is 6.29. The van der Waals surface area contributed by atoms with Crippen LogP contribution in [0.4, 0.5) is 0 Å². The molecule has 2 radical (unpaired) electrons. The van der Waals surface area contributed by atoms with Gasteiger partial charge in [-0.2, -0.15) is 0 Å². The minimum atomic E-state index is 0.560. The zero-order chi connectivity index (χ0) is 7.49. The predicted molar refractivity (Wildman–Crippen MR) is 45.1 cm³/mol. The van der Waals surface area contributed by atoms with E-state index in [1.807, 2.05) is 0 Å². The fourth-order valence-corrected chi connectivity index (χ4v) is 1.53. The predicted octanol–water partition coefficient (Wildman–Crippen LogP) is 2.98. The molecule has 0 fully saturated rings. The van der Waals surface area contributed by atoms with Gasteiger partial charge in [-0.3, -0.25) is 0 Å². The molecule has 54 valence electrons. The third-order valence-electron chi connectivity index (χ3n) is 1.04. The first-order valence-corrected chi connectivity index (χ1v) is 4.87. The molecule has 0 unspecified atom stereocenters. The Labute approximate surface area is 61.9 Å². The quantitative estimate of drug-likeness (QED) is 0.520. The SMILES string of the molecule is CC(C)C[Si]C(C)(C)C. The van der Waals surface area contributed by atoms with Crippen molar-refractivity contribution in [2.75, 3.05) is 0 Å². The maximum atomic E-state index is 2.31. The second-order valence-electron chi connectivity index (χ2n) is 4.02. The van der Waals surface area contributed by atoms with Crippen LogP contribution in [0.2, 0.25) is 11.1 Å². The van der Waals surface area contributed by atoms with Gasteiger partial charge in [0.05, 0.1) is 0 Å². The van der Waals surface area contributed by atoms with E-state index in [2.05, 4.69) is 34.6 Å². The van der Waals surface area contributed by atoms with E-state index in [9.17, 15) is 0 Å². The lowest BCUT2D eigenvalue weighted by molar-refractivity contribution is 0.689. The minimum absolute atomic E-state index is 0.560. The van der Waals surface area contributed by atoms with Crippen molar-refractivity contribution in [2.24, 2.45) is 5.92 Å². The Morgan fingerprint density at radius 1 is 1.22 bits per heavy atom. The molecule has 0 atom stereocenters. The fourth-order valence-electron chi connectivity index (χ4n) is 0.510. The van der Waals surface area contributed by atoms with Gasteiger partial charge in [0, 0.05) is 9.52 Å². The molecule has 0 aliphatic heterocycles. The molecule has 0 aromatic carbocycles. The summed E-state index contributed by atoms with van der Waals surface area (Å²) in [5.74, 6) is 0.877. The van der Waals surface area contributed by atoms with E-state index in [-0.39, 0.29) is 0 Å². The second kappa shape index (κ2) is 3.40. The monoisotopic (exact) mass is 142 g/mol. The van der Waals surface area contributed by atoms with E-state index in [1.165, 1.54) is 6.04 Å². The zero-order valence-electron chi connectivity index (χ0n) is 7.28. The summed E-state index contributed by atoms with van der Waals surface area (Å²) in [4.78, 5) is 0. The summed E-state index contributed by atoms with van der Waals surface area (Å²) >= 11 is 0. The summed E-state index contributed by atoms with van der Waals surface area (Å²) in [6, 6.07) is 1.39. The summed E-state index contributed by atoms with van der Waals surface area (Å²) in [5, 5.41) is 0.560. The number of hydrogen-bond donors (Lipinski definition) is 0. The molecule has 0 spiro atoms. The third-order valence-corrected chi connectivity index (χ3v) is 3.12. The molecule has 0 heterocycles. The molecular weight excluding hydrogens is 124 g/mol. The molecule has 0 aliphatic carbocycles. The van der Waals surface area contributed by atoms with Gasteiger partial charge >= 0.3 is 0 Å². The summed E-state index contributed by atoms with van der Waals surface area (Å²) in [5.41, 5.74) is 0. The molecule has 0 bridgehead atoms. The topological polar surface area (TPSA) is 0 Å². The first-order chi connectivity index (χ1) is 3.92. The van der Waals surface area contributed by atoms with Crippen LogP contribution in [0.25, 0.3) is 0 Å². The molecule has 0 rings (SSSR count). The lowest BCUT2D eigenvalue weighted by atomic mass is 10.2. The lowest BCUT2D eigenvalue weighted by Crippen LogP contribution is -2.09. The van der Waals surface area contributed by atoms with Crippen molar-refractivity contribution in [3.63, 3.8) is 0 Å². The Balaban J connectivity index is 3.28. The van der Waals surface area contributed by atoms with E-state index in [4.69, 9.17) is 0 Å². The van der Waals surface area contributed by atoms with Gasteiger partial charge in [0.15, 0.2) is 0 Å². The van der Waals surface area contributed by atoms with E-state index < -0.39 is 0 Å². The molecule has 0 nitrogen and oxygen atoms in total. The van der Waals surface area contributed by atoms with Crippen LogP contribution in [0.5, 0.6) is 0 Å². The molecule has 0 saturated carbocycles. The Bertz CT molecular complexity index is 69.1. The summed E-state index contributed by atoms with van der Waals surface area (Å²) < 4.78 is 0. The van der Waals surface area contributed by atoms with Crippen molar-refractivity contribution in [2.45, 2.75) is 45.7 Å². The van der Waals surface area contributed by atoms with Gasteiger partial charge < -0.3 is 0 Å². The normalized spacial score (nSPS) is 12.7. The average Bonchev–Trinajstić information content (AvgIpc) is 1.59. The molecule has 9 heavy (non-hydrogen) atoms. The van der Waals surface area contributed by atoms with Crippen molar-refractivity contribution < 1.29 is 0 Å². The summed E-state index contributed by atoms with van der Waals surface area (Å²) in [6.45, 7) is 11.5. The highest BCUT2D eigenvalue weighted by molar-refractivity contribution is 6.39.